The van der Waals surface area contributed by atoms with Crippen LogP contribution >= 0.6 is 11.3 Å². The summed E-state index contributed by atoms with van der Waals surface area (Å²) in [7, 11) is 0. The fourth-order valence-corrected chi connectivity index (χ4v) is 3.04. The summed E-state index contributed by atoms with van der Waals surface area (Å²) in [5.74, 6) is 0. The first kappa shape index (κ1) is 13.4. The Labute approximate surface area is 114 Å². The van der Waals surface area contributed by atoms with Crippen LogP contribution in [0.15, 0.2) is 24.4 Å². The SMILES string of the molecule is CCNCc1ccn(Cc2ccc(CC)s2)c1C. The van der Waals surface area contributed by atoms with Gasteiger partial charge in [0.2, 0.25) is 0 Å². The molecular weight excluding hydrogens is 240 g/mol. The Balaban J connectivity index is 2.07. The molecule has 0 aliphatic carbocycles. The summed E-state index contributed by atoms with van der Waals surface area (Å²) in [6, 6.07) is 6.73. The zero-order valence-electron chi connectivity index (χ0n) is 11.5. The van der Waals surface area contributed by atoms with Crippen molar-refractivity contribution in [2.24, 2.45) is 0 Å². The first-order chi connectivity index (χ1) is 8.74. The predicted molar refractivity (Wildman–Crippen MR) is 79.3 cm³/mol. The van der Waals surface area contributed by atoms with Crippen molar-refractivity contribution >= 4 is 11.3 Å². The van der Waals surface area contributed by atoms with Crippen LogP contribution in [0.25, 0.3) is 0 Å². The van der Waals surface area contributed by atoms with E-state index in [2.05, 4.69) is 55.1 Å². The monoisotopic (exact) mass is 262 g/mol. The summed E-state index contributed by atoms with van der Waals surface area (Å²) in [6.07, 6.45) is 3.34. The molecular formula is C15H22N2S. The van der Waals surface area contributed by atoms with Gasteiger partial charge in [-0.2, -0.15) is 0 Å². The van der Waals surface area contributed by atoms with Gasteiger partial charge in [-0.1, -0.05) is 13.8 Å². The Morgan fingerprint density at radius 3 is 2.61 bits per heavy atom. The topological polar surface area (TPSA) is 17.0 Å². The maximum Gasteiger partial charge on any atom is 0.0566 e. The molecule has 0 saturated heterocycles. The number of nitrogens with zero attached hydrogens (tertiary/aromatic N) is 1. The summed E-state index contributed by atoms with van der Waals surface area (Å²) in [6.45, 7) is 9.56. The van der Waals surface area contributed by atoms with Gasteiger partial charge in [0.05, 0.1) is 6.54 Å². The zero-order chi connectivity index (χ0) is 13.0. The normalized spacial score (nSPS) is 11.1. The van der Waals surface area contributed by atoms with Gasteiger partial charge in [-0.3, -0.25) is 0 Å². The lowest BCUT2D eigenvalue weighted by atomic mass is 10.2. The largest absolute Gasteiger partial charge is 0.346 e. The summed E-state index contributed by atoms with van der Waals surface area (Å²) >= 11 is 1.93. The number of thiophene rings is 1. The van der Waals surface area contributed by atoms with E-state index < -0.39 is 0 Å². The van der Waals surface area contributed by atoms with E-state index in [0.717, 1.165) is 26.1 Å². The fourth-order valence-electron chi connectivity index (χ4n) is 2.08. The lowest BCUT2D eigenvalue weighted by Crippen LogP contribution is -2.12. The van der Waals surface area contributed by atoms with Crippen LogP contribution in [-0.4, -0.2) is 11.1 Å². The van der Waals surface area contributed by atoms with Gasteiger partial charge in [0.15, 0.2) is 0 Å². The fraction of sp³-hybridized carbons (Fsp3) is 0.467. The summed E-state index contributed by atoms with van der Waals surface area (Å²) < 4.78 is 2.35. The van der Waals surface area contributed by atoms with Crippen LogP contribution in [-0.2, 0) is 19.5 Å². The first-order valence-corrected chi connectivity index (χ1v) is 7.49. The van der Waals surface area contributed by atoms with Crippen LogP contribution < -0.4 is 5.32 Å². The van der Waals surface area contributed by atoms with Gasteiger partial charge in [0, 0.05) is 28.2 Å². The molecule has 2 heterocycles. The minimum absolute atomic E-state index is 0.972. The quantitative estimate of drug-likeness (QED) is 0.842. The molecule has 0 amide bonds. The Kier molecular flexibility index (Phi) is 4.61. The number of aryl methyl sites for hydroxylation is 1. The van der Waals surface area contributed by atoms with Crippen molar-refractivity contribution in [3.63, 3.8) is 0 Å². The molecule has 2 aromatic rings. The highest BCUT2D eigenvalue weighted by atomic mass is 32.1. The second-order valence-corrected chi connectivity index (χ2v) is 5.81. The first-order valence-electron chi connectivity index (χ1n) is 6.67. The number of hydrogen-bond acceptors (Lipinski definition) is 2. The molecule has 0 unspecified atom stereocenters. The van der Waals surface area contributed by atoms with Gasteiger partial charge < -0.3 is 9.88 Å². The van der Waals surface area contributed by atoms with E-state index in [9.17, 15) is 0 Å². The third-order valence-electron chi connectivity index (χ3n) is 3.31. The standard InChI is InChI=1S/C15H22N2S/c1-4-14-6-7-15(18-14)11-17-9-8-13(12(17)3)10-16-5-2/h6-9,16H,4-5,10-11H2,1-3H3. The van der Waals surface area contributed by atoms with E-state index in [1.165, 1.54) is 21.0 Å². The molecule has 0 aliphatic heterocycles. The second-order valence-electron chi connectivity index (χ2n) is 4.56. The van der Waals surface area contributed by atoms with E-state index in [-0.39, 0.29) is 0 Å². The lowest BCUT2D eigenvalue weighted by Gasteiger charge is -2.06. The molecule has 98 valence electrons. The molecule has 0 aliphatic rings. The van der Waals surface area contributed by atoms with Crippen LogP contribution in [0.4, 0.5) is 0 Å². The molecule has 1 N–H and O–H groups in total. The van der Waals surface area contributed by atoms with Gasteiger partial charge >= 0.3 is 0 Å². The highest BCUT2D eigenvalue weighted by Crippen LogP contribution is 2.20. The third-order valence-corrected chi connectivity index (χ3v) is 4.52. The Morgan fingerprint density at radius 1 is 1.17 bits per heavy atom. The molecule has 0 spiro atoms. The van der Waals surface area contributed by atoms with E-state index in [0.29, 0.717) is 0 Å². The second kappa shape index (κ2) is 6.21. The molecule has 2 aromatic heterocycles. The average Bonchev–Trinajstić information content (AvgIpc) is 2.96. The maximum atomic E-state index is 3.39. The van der Waals surface area contributed by atoms with Crippen molar-refractivity contribution < 1.29 is 0 Å². The van der Waals surface area contributed by atoms with Crippen LogP contribution in [0.5, 0.6) is 0 Å². The van der Waals surface area contributed by atoms with Crippen molar-refractivity contribution in [1.29, 1.82) is 0 Å². The Hall–Kier alpha value is -1.06. The molecule has 0 atom stereocenters. The molecule has 0 fully saturated rings. The lowest BCUT2D eigenvalue weighted by molar-refractivity contribution is 0.712. The van der Waals surface area contributed by atoms with Gasteiger partial charge in [0.25, 0.3) is 0 Å². The highest BCUT2D eigenvalue weighted by molar-refractivity contribution is 7.11. The highest BCUT2D eigenvalue weighted by Gasteiger charge is 2.06. The van der Waals surface area contributed by atoms with Gasteiger partial charge in [0.1, 0.15) is 0 Å². The van der Waals surface area contributed by atoms with Crippen molar-refractivity contribution in [3.8, 4) is 0 Å². The van der Waals surface area contributed by atoms with Crippen molar-refractivity contribution in [2.45, 2.75) is 40.3 Å². The average molecular weight is 262 g/mol. The maximum absolute atomic E-state index is 3.39. The van der Waals surface area contributed by atoms with Gasteiger partial charge in [-0.15, -0.1) is 11.3 Å². The van der Waals surface area contributed by atoms with Crippen LogP contribution in [0, 0.1) is 6.92 Å². The van der Waals surface area contributed by atoms with Gasteiger partial charge in [-0.25, -0.2) is 0 Å². The Morgan fingerprint density at radius 2 is 1.94 bits per heavy atom. The van der Waals surface area contributed by atoms with Crippen LogP contribution in [0.3, 0.4) is 0 Å². The summed E-state index contributed by atoms with van der Waals surface area (Å²) in [5, 5.41) is 3.39. The molecule has 2 nitrogen and oxygen atoms in total. The molecule has 0 saturated carbocycles. The summed E-state index contributed by atoms with van der Waals surface area (Å²) in [5.41, 5.74) is 2.78. The number of rotatable bonds is 6. The Bertz CT molecular complexity index is 496. The predicted octanol–water partition coefficient (Wildman–Crippen LogP) is 3.58. The molecule has 3 heteroatoms. The van der Waals surface area contributed by atoms with E-state index >= 15 is 0 Å². The van der Waals surface area contributed by atoms with Crippen molar-refractivity contribution in [2.75, 3.05) is 6.54 Å². The zero-order valence-corrected chi connectivity index (χ0v) is 12.3. The van der Waals surface area contributed by atoms with Crippen LogP contribution in [0.2, 0.25) is 0 Å². The van der Waals surface area contributed by atoms with Crippen molar-refractivity contribution in [1.82, 2.24) is 9.88 Å². The van der Waals surface area contributed by atoms with E-state index in [4.69, 9.17) is 0 Å². The molecule has 0 aromatic carbocycles. The minimum atomic E-state index is 0.972. The molecule has 0 bridgehead atoms. The van der Waals surface area contributed by atoms with Gasteiger partial charge in [-0.05, 0) is 43.7 Å². The third kappa shape index (κ3) is 3.03. The van der Waals surface area contributed by atoms with Crippen LogP contribution in [0.1, 0.15) is 34.9 Å². The molecule has 2 rings (SSSR count). The number of nitrogens with one attached hydrogen (secondary N) is 1. The van der Waals surface area contributed by atoms with E-state index in [1.807, 2.05) is 11.3 Å². The molecule has 0 radical (unpaired) electrons. The summed E-state index contributed by atoms with van der Waals surface area (Å²) in [4.78, 5) is 2.92. The molecule has 18 heavy (non-hydrogen) atoms. The minimum Gasteiger partial charge on any atom is -0.346 e. The smallest absolute Gasteiger partial charge is 0.0566 e. The number of hydrogen-bond donors (Lipinski definition) is 1. The number of aromatic nitrogens is 1. The van der Waals surface area contributed by atoms with E-state index in [1.54, 1.807) is 0 Å². The van der Waals surface area contributed by atoms with Crippen molar-refractivity contribution in [3.05, 3.63) is 45.4 Å².